The van der Waals surface area contributed by atoms with Crippen molar-refractivity contribution in [3.8, 4) is 0 Å². The number of halogens is 2. The summed E-state index contributed by atoms with van der Waals surface area (Å²) >= 11 is 8.05. The Morgan fingerprint density at radius 3 is 3.18 bits per heavy atom. The molecule has 60 valence electrons. The van der Waals surface area contributed by atoms with Crippen molar-refractivity contribution in [2.75, 3.05) is 6.54 Å². The quantitative estimate of drug-likeness (QED) is 0.534. The summed E-state index contributed by atoms with van der Waals surface area (Å²) < 4.78 is 4.31. The Bertz CT molecular complexity index is 273. The van der Waals surface area contributed by atoms with Gasteiger partial charge in [-0.05, 0) is 0 Å². The van der Waals surface area contributed by atoms with E-state index in [1.807, 2.05) is 6.20 Å². The van der Waals surface area contributed by atoms with E-state index < -0.39 is 0 Å². The van der Waals surface area contributed by atoms with E-state index in [2.05, 4.69) is 35.5 Å². The smallest absolute Gasteiger partial charge is 0.147 e. The van der Waals surface area contributed by atoms with Crippen molar-refractivity contribution >= 4 is 34.5 Å². The summed E-state index contributed by atoms with van der Waals surface area (Å²) in [5.41, 5.74) is 0. The number of aromatic nitrogens is 2. The molecular weight excluding hydrogens is 276 g/mol. The van der Waals surface area contributed by atoms with Crippen LogP contribution in [0.2, 0.25) is 5.15 Å². The third-order valence-electron chi connectivity index (χ3n) is 1.73. The highest BCUT2D eigenvalue weighted by Gasteiger charge is 2.15. The first kappa shape index (κ1) is 7.82. The number of hydrogen-bond acceptors (Lipinski definition) is 2. The Kier molecular flexibility index (Phi) is 2.07. The van der Waals surface area contributed by atoms with Crippen molar-refractivity contribution in [1.82, 2.24) is 12.7 Å². The van der Waals surface area contributed by atoms with Crippen LogP contribution in [0.25, 0.3) is 0 Å². The van der Waals surface area contributed by atoms with Gasteiger partial charge in [-0.15, -0.1) is 0 Å². The molecule has 1 aromatic heterocycles. The SMILES string of the molecule is Clc1cn2c(n1)CN(I)CC2. The predicted molar refractivity (Wildman–Crippen MR) is 51.7 cm³/mol. The third-order valence-corrected chi connectivity index (χ3v) is 2.73. The van der Waals surface area contributed by atoms with Gasteiger partial charge in [0.25, 0.3) is 0 Å². The zero-order valence-corrected chi connectivity index (χ0v) is 8.71. The average molecular weight is 284 g/mol. The summed E-state index contributed by atoms with van der Waals surface area (Å²) in [6.07, 6.45) is 1.89. The van der Waals surface area contributed by atoms with Gasteiger partial charge in [0, 0.05) is 42.2 Å². The van der Waals surface area contributed by atoms with Crippen molar-refractivity contribution in [3.05, 3.63) is 17.2 Å². The van der Waals surface area contributed by atoms with Gasteiger partial charge < -0.3 is 4.57 Å². The highest BCUT2D eigenvalue weighted by atomic mass is 127. The average Bonchev–Trinajstić information content (AvgIpc) is 2.27. The summed E-state index contributed by atoms with van der Waals surface area (Å²) in [5, 5.41) is 0.603. The number of nitrogens with zero attached hydrogens (tertiary/aromatic N) is 3. The fourth-order valence-corrected chi connectivity index (χ4v) is 1.92. The van der Waals surface area contributed by atoms with Gasteiger partial charge in [-0.25, -0.2) is 8.10 Å². The molecule has 0 spiro atoms. The van der Waals surface area contributed by atoms with Gasteiger partial charge in [0.15, 0.2) is 0 Å². The normalized spacial score (nSPS) is 18.4. The van der Waals surface area contributed by atoms with Gasteiger partial charge in [-0.2, -0.15) is 0 Å². The molecule has 2 rings (SSSR count). The van der Waals surface area contributed by atoms with Gasteiger partial charge in [0.05, 0.1) is 6.54 Å². The summed E-state index contributed by atoms with van der Waals surface area (Å²) in [6.45, 7) is 2.96. The van der Waals surface area contributed by atoms with Gasteiger partial charge in [0.1, 0.15) is 11.0 Å². The molecule has 2 heterocycles. The second kappa shape index (κ2) is 2.91. The second-order valence-corrected chi connectivity index (χ2v) is 4.27. The zero-order chi connectivity index (χ0) is 7.84. The molecule has 0 atom stereocenters. The monoisotopic (exact) mass is 283 g/mol. The topological polar surface area (TPSA) is 21.1 Å². The van der Waals surface area contributed by atoms with Gasteiger partial charge >= 0.3 is 0 Å². The molecule has 5 heteroatoms. The lowest BCUT2D eigenvalue weighted by molar-refractivity contribution is 0.395. The molecule has 3 nitrogen and oxygen atoms in total. The molecular formula is C6H7ClIN3. The molecule has 1 aromatic rings. The lowest BCUT2D eigenvalue weighted by atomic mass is 10.4. The van der Waals surface area contributed by atoms with Gasteiger partial charge in [-0.3, -0.25) is 0 Å². The van der Waals surface area contributed by atoms with Crippen LogP contribution in [0.4, 0.5) is 0 Å². The Hall–Kier alpha value is 0.190. The van der Waals surface area contributed by atoms with Gasteiger partial charge in [0.2, 0.25) is 0 Å². The number of hydrogen-bond donors (Lipinski definition) is 0. The van der Waals surface area contributed by atoms with Crippen LogP contribution in [-0.2, 0) is 13.1 Å². The maximum Gasteiger partial charge on any atom is 0.147 e. The van der Waals surface area contributed by atoms with E-state index in [0.29, 0.717) is 5.15 Å². The zero-order valence-electron chi connectivity index (χ0n) is 5.80. The van der Waals surface area contributed by atoms with E-state index in [4.69, 9.17) is 11.6 Å². The van der Waals surface area contributed by atoms with Crippen LogP contribution in [0, 0.1) is 0 Å². The highest BCUT2D eigenvalue weighted by molar-refractivity contribution is 14.1. The van der Waals surface area contributed by atoms with Gasteiger partial charge in [-0.1, -0.05) is 11.6 Å². The molecule has 0 bridgehead atoms. The number of fused-ring (bicyclic) bond motifs is 1. The van der Waals surface area contributed by atoms with E-state index in [-0.39, 0.29) is 0 Å². The molecule has 0 fully saturated rings. The fourth-order valence-electron chi connectivity index (χ4n) is 1.19. The molecule has 0 aliphatic carbocycles. The van der Waals surface area contributed by atoms with E-state index in [1.165, 1.54) is 0 Å². The molecule has 1 aliphatic rings. The van der Waals surface area contributed by atoms with Crippen LogP contribution in [0.5, 0.6) is 0 Å². The maximum atomic E-state index is 5.75. The molecule has 0 radical (unpaired) electrons. The van der Waals surface area contributed by atoms with Crippen LogP contribution in [0.3, 0.4) is 0 Å². The minimum atomic E-state index is 0.603. The molecule has 0 N–H and O–H groups in total. The molecule has 1 aliphatic heterocycles. The minimum Gasteiger partial charge on any atom is -0.331 e. The van der Waals surface area contributed by atoms with Crippen molar-refractivity contribution in [2.45, 2.75) is 13.1 Å². The van der Waals surface area contributed by atoms with Crippen LogP contribution >= 0.6 is 34.5 Å². The Balaban J connectivity index is 2.34. The Labute approximate surface area is 83.8 Å². The Morgan fingerprint density at radius 2 is 2.36 bits per heavy atom. The standard InChI is InChI=1S/C6H7ClIN3/c7-5-3-10-1-2-11(8)4-6(10)9-5/h3H,1-2,4H2. The van der Waals surface area contributed by atoms with E-state index in [9.17, 15) is 0 Å². The first-order chi connectivity index (χ1) is 5.25. The lowest BCUT2D eigenvalue weighted by Gasteiger charge is -2.20. The van der Waals surface area contributed by atoms with E-state index >= 15 is 0 Å². The lowest BCUT2D eigenvalue weighted by Crippen LogP contribution is -2.25. The summed E-state index contributed by atoms with van der Waals surface area (Å²) in [5.74, 6) is 1.07. The van der Waals surface area contributed by atoms with Crippen LogP contribution < -0.4 is 0 Å². The maximum absolute atomic E-state index is 5.75. The number of rotatable bonds is 0. The molecule has 0 unspecified atom stereocenters. The molecule has 0 saturated carbocycles. The largest absolute Gasteiger partial charge is 0.331 e. The Morgan fingerprint density at radius 1 is 1.55 bits per heavy atom. The number of imidazole rings is 1. The van der Waals surface area contributed by atoms with E-state index in [0.717, 1.165) is 25.5 Å². The molecule has 11 heavy (non-hydrogen) atoms. The second-order valence-electron chi connectivity index (χ2n) is 2.52. The first-order valence-corrected chi connectivity index (χ1v) is 4.72. The summed E-state index contributed by atoms with van der Waals surface area (Å²) in [7, 11) is 0. The molecule has 0 amide bonds. The molecule has 0 aromatic carbocycles. The fraction of sp³-hybridized carbons (Fsp3) is 0.500. The van der Waals surface area contributed by atoms with Crippen molar-refractivity contribution in [1.29, 1.82) is 0 Å². The summed E-state index contributed by atoms with van der Waals surface area (Å²) in [4.78, 5) is 4.18. The predicted octanol–water partition coefficient (Wildman–Crippen LogP) is 1.70. The molecule has 0 saturated heterocycles. The van der Waals surface area contributed by atoms with Crippen molar-refractivity contribution in [3.63, 3.8) is 0 Å². The highest BCUT2D eigenvalue weighted by Crippen LogP contribution is 2.17. The van der Waals surface area contributed by atoms with Crippen molar-refractivity contribution < 1.29 is 0 Å². The third kappa shape index (κ3) is 1.52. The van der Waals surface area contributed by atoms with E-state index in [1.54, 1.807) is 0 Å². The summed E-state index contributed by atoms with van der Waals surface area (Å²) in [6, 6.07) is 0. The van der Waals surface area contributed by atoms with Crippen LogP contribution in [0.1, 0.15) is 5.82 Å². The van der Waals surface area contributed by atoms with Crippen LogP contribution in [-0.4, -0.2) is 19.2 Å². The minimum absolute atomic E-state index is 0.603. The van der Waals surface area contributed by atoms with Crippen molar-refractivity contribution in [2.24, 2.45) is 0 Å². The van der Waals surface area contributed by atoms with Crippen LogP contribution in [0.15, 0.2) is 6.20 Å². The first-order valence-electron chi connectivity index (χ1n) is 3.38.